The minimum absolute atomic E-state index is 0.0366. The summed E-state index contributed by atoms with van der Waals surface area (Å²) in [5.41, 5.74) is 2.62. The molecule has 1 N–H and O–H groups in total. The minimum Gasteiger partial charge on any atom is -0.467 e. The molecule has 0 spiro atoms. The van der Waals surface area contributed by atoms with Crippen molar-refractivity contribution in [3.05, 3.63) is 114 Å². The minimum atomic E-state index is -0.0843. The molecule has 1 atom stereocenters. The molecule has 0 aliphatic rings. The number of nitrogens with one attached hydrogen (secondary N) is 1. The van der Waals surface area contributed by atoms with Crippen LogP contribution in [0.5, 0.6) is 0 Å². The summed E-state index contributed by atoms with van der Waals surface area (Å²) in [4.78, 5) is 24.8. The molecule has 0 fully saturated rings. The number of furan rings is 1. The summed E-state index contributed by atoms with van der Waals surface area (Å²) in [6, 6.07) is 29.0. The van der Waals surface area contributed by atoms with E-state index in [0.29, 0.717) is 23.9 Å². The van der Waals surface area contributed by atoms with Crippen molar-refractivity contribution in [3.63, 3.8) is 0 Å². The average Bonchev–Trinajstić information content (AvgIpc) is 3.44. The number of halogens is 1. The van der Waals surface area contributed by atoms with Gasteiger partial charge in [-0.1, -0.05) is 66.2 Å². The number of benzene rings is 3. The molecule has 37 heavy (non-hydrogen) atoms. The van der Waals surface area contributed by atoms with Crippen molar-refractivity contribution in [2.75, 3.05) is 11.4 Å². The van der Waals surface area contributed by atoms with Crippen LogP contribution < -0.4 is 10.2 Å². The second-order valence-electron chi connectivity index (χ2n) is 8.82. The normalized spacial score (nSPS) is 11.8. The van der Waals surface area contributed by atoms with E-state index in [4.69, 9.17) is 26.0 Å². The molecule has 5 rings (SSSR count). The van der Waals surface area contributed by atoms with E-state index in [1.807, 2.05) is 97.9 Å². The number of amides is 1. The van der Waals surface area contributed by atoms with Crippen molar-refractivity contribution in [1.82, 2.24) is 15.3 Å². The molecule has 0 unspecified atom stereocenters. The molecule has 0 saturated carbocycles. The Bertz CT molecular complexity index is 1490. The molecule has 7 heteroatoms. The van der Waals surface area contributed by atoms with Crippen molar-refractivity contribution in [1.29, 1.82) is 0 Å². The zero-order valence-corrected chi connectivity index (χ0v) is 21.2. The van der Waals surface area contributed by atoms with Crippen LogP contribution in [0.4, 0.5) is 5.82 Å². The van der Waals surface area contributed by atoms with Gasteiger partial charge in [-0.2, -0.15) is 0 Å². The first kappa shape index (κ1) is 24.5. The maximum Gasteiger partial charge on any atom is 0.222 e. The Morgan fingerprint density at radius 3 is 2.49 bits per heavy atom. The monoisotopic (exact) mass is 510 g/mol. The van der Waals surface area contributed by atoms with Crippen LogP contribution in [0.2, 0.25) is 5.02 Å². The van der Waals surface area contributed by atoms with Crippen LogP contribution in [-0.4, -0.2) is 22.4 Å². The van der Waals surface area contributed by atoms with E-state index in [9.17, 15) is 4.79 Å². The van der Waals surface area contributed by atoms with Crippen LogP contribution in [-0.2, 0) is 11.3 Å². The number of anilines is 1. The van der Waals surface area contributed by atoms with Crippen LogP contribution in [0.1, 0.15) is 30.7 Å². The molecule has 0 saturated heterocycles. The second kappa shape index (κ2) is 11.3. The van der Waals surface area contributed by atoms with E-state index in [1.54, 1.807) is 6.26 Å². The first-order valence-electron chi connectivity index (χ1n) is 12.2. The number of para-hydroxylation sites is 1. The SMILES string of the molecule is C[C@H](NC(=O)CCN(Cc1ccco1)c1nc(-c2ccccc2Cl)nc2ccccc12)c1ccccc1. The summed E-state index contributed by atoms with van der Waals surface area (Å²) < 4.78 is 5.65. The lowest BCUT2D eigenvalue weighted by atomic mass is 10.1. The van der Waals surface area contributed by atoms with Gasteiger partial charge in [-0.25, -0.2) is 9.97 Å². The topological polar surface area (TPSA) is 71.3 Å². The first-order chi connectivity index (χ1) is 18.1. The van der Waals surface area contributed by atoms with Gasteiger partial charge >= 0.3 is 0 Å². The van der Waals surface area contributed by atoms with Crippen LogP contribution >= 0.6 is 11.6 Å². The Morgan fingerprint density at radius 1 is 0.946 bits per heavy atom. The number of hydrogen-bond donors (Lipinski definition) is 1. The van der Waals surface area contributed by atoms with Gasteiger partial charge < -0.3 is 14.6 Å². The zero-order valence-electron chi connectivity index (χ0n) is 20.5. The van der Waals surface area contributed by atoms with E-state index >= 15 is 0 Å². The molecule has 6 nitrogen and oxygen atoms in total. The molecule has 186 valence electrons. The Labute approximate surface area is 220 Å². The van der Waals surface area contributed by atoms with Gasteiger partial charge in [0.2, 0.25) is 5.91 Å². The summed E-state index contributed by atoms with van der Waals surface area (Å²) >= 11 is 6.50. The van der Waals surface area contributed by atoms with Crippen LogP contribution in [0.15, 0.2) is 102 Å². The quantitative estimate of drug-likeness (QED) is 0.235. The fourth-order valence-electron chi connectivity index (χ4n) is 4.29. The maximum atomic E-state index is 13.0. The van der Waals surface area contributed by atoms with Crippen molar-refractivity contribution in [2.45, 2.75) is 25.9 Å². The summed E-state index contributed by atoms with van der Waals surface area (Å²) in [6.07, 6.45) is 1.94. The summed E-state index contributed by atoms with van der Waals surface area (Å²) in [5, 5.41) is 4.58. The highest BCUT2D eigenvalue weighted by Gasteiger charge is 2.19. The molecule has 0 radical (unpaired) electrons. The number of nitrogens with zero attached hydrogens (tertiary/aromatic N) is 3. The van der Waals surface area contributed by atoms with E-state index in [2.05, 4.69) is 10.2 Å². The van der Waals surface area contributed by atoms with Crippen LogP contribution in [0, 0.1) is 0 Å². The number of aromatic nitrogens is 2. The molecule has 2 aromatic heterocycles. The van der Waals surface area contributed by atoms with Gasteiger partial charge in [0, 0.05) is 23.9 Å². The third-order valence-corrected chi connectivity index (χ3v) is 6.54. The van der Waals surface area contributed by atoms with Gasteiger partial charge in [-0.05, 0) is 48.9 Å². The first-order valence-corrected chi connectivity index (χ1v) is 12.6. The lowest BCUT2D eigenvalue weighted by Gasteiger charge is -2.25. The molecule has 0 aliphatic heterocycles. The number of carbonyl (C=O) groups excluding carboxylic acids is 1. The van der Waals surface area contributed by atoms with E-state index in [0.717, 1.165) is 33.6 Å². The molecule has 2 heterocycles. The van der Waals surface area contributed by atoms with Crippen molar-refractivity contribution < 1.29 is 9.21 Å². The number of fused-ring (bicyclic) bond motifs is 1. The predicted molar refractivity (Wildman–Crippen MR) is 147 cm³/mol. The van der Waals surface area contributed by atoms with Gasteiger partial charge in [0.05, 0.1) is 29.4 Å². The zero-order chi connectivity index (χ0) is 25.6. The Hall–Kier alpha value is -4.16. The Kier molecular flexibility index (Phi) is 7.47. The number of hydrogen-bond acceptors (Lipinski definition) is 5. The third kappa shape index (κ3) is 5.81. The molecule has 0 aliphatic carbocycles. The highest BCUT2D eigenvalue weighted by atomic mass is 35.5. The standard InChI is InChI=1S/C30H27ClN4O2/c1-21(22-10-3-2-4-11-22)32-28(36)17-18-35(20-23-12-9-19-37-23)30-25-14-6-8-16-27(25)33-29(34-30)24-13-5-7-15-26(24)31/h2-16,19,21H,17-18,20H2,1H3,(H,32,36)/t21-/m0/s1. The molecule has 5 aromatic rings. The van der Waals surface area contributed by atoms with Gasteiger partial charge in [-0.15, -0.1) is 0 Å². The van der Waals surface area contributed by atoms with Crippen molar-refractivity contribution in [3.8, 4) is 11.4 Å². The lowest BCUT2D eigenvalue weighted by Crippen LogP contribution is -2.32. The van der Waals surface area contributed by atoms with Gasteiger partial charge in [0.25, 0.3) is 0 Å². The van der Waals surface area contributed by atoms with E-state index in [-0.39, 0.29) is 18.4 Å². The summed E-state index contributed by atoms with van der Waals surface area (Å²) in [7, 11) is 0. The Morgan fingerprint density at radius 2 is 1.70 bits per heavy atom. The fraction of sp³-hybridized carbons (Fsp3) is 0.167. The molecular weight excluding hydrogens is 484 g/mol. The maximum absolute atomic E-state index is 13.0. The molecule has 3 aromatic carbocycles. The molecule has 1 amide bonds. The van der Waals surface area contributed by atoms with Crippen molar-refractivity contribution >= 4 is 34.2 Å². The second-order valence-corrected chi connectivity index (χ2v) is 9.23. The van der Waals surface area contributed by atoms with E-state index in [1.165, 1.54) is 0 Å². The predicted octanol–water partition coefficient (Wildman–Crippen LogP) is 6.82. The van der Waals surface area contributed by atoms with Gasteiger partial charge in [0.1, 0.15) is 11.6 Å². The Balaban J connectivity index is 1.46. The van der Waals surface area contributed by atoms with Crippen molar-refractivity contribution in [2.24, 2.45) is 0 Å². The third-order valence-electron chi connectivity index (χ3n) is 6.21. The van der Waals surface area contributed by atoms with Crippen LogP contribution in [0.25, 0.3) is 22.3 Å². The fourth-order valence-corrected chi connectivity index (χ4v) is 4.51. The highest BCUT2D eigenvalue weighted by molar-refractivity contribution is 6.33. The highest BCUT2D eigenvalue weighted by Crippen LogP contribution is 2.31. The summed E-state index contributed by atoms with van der Waals surface area (Å²) in [5.74, 6) is 2.00. The van der Waals surface area contributed by atoms with Crippen LogP contribution in [0.3, 0.4) is 0 Å². The molecular formula is C30H27ClN4O2. The number of rotatable bonds is 9. The van der Waals surface area contributed by atoms with E-state index < -0.39 is 0 Å². The average molecular weight is 511 g/mol. The van der Waals surface area contributed by atoms with Gasteiger partial charge in [0.15, 0.2) is 5.82 Å². The van der Waals surface area contributed by atoms with Gasteiger partial charge in [-0.3, -0.25) is 4.79 Å². The number of carbonyl (C=O) groups is 1. The largest absolute Gasteiger partial charge is 0.467 e. The lowest BCUT2D eigenvalue weighted by molar-refractivity contribution is -0.121. The molecule has 0 bridgehead atoms. The smallest absolute Gasteiger partial charge is 0.222 e. The summed E-state index contributed by atoms with van der Waals surface area (Å²) in [6.45, 7) is 2.89.